The van der Waals surface area contributed by atoms with Crippen molar-refractivity contribution in [3.63, 3.8) is 0 Å². The number of carbonyl (C=O) groups is 2. The molecule has 0 radical (unpaired) electrons. The van der Waals surface area contributed by atoms with E-state index in [9.17, 15) is 9.59 Å². The number of amides is 2. The minimum absolute atomic E-state index is 0.156. The molecule has 2 saturated heterocycles. The van der Waals surface area contributed by atoms with Crippen LogP contribution in [0.3, 0.4) is 0 Å². The monoisotopic (exact) mass is 373 g/mol. The Morgan fingerprint density at radius 3 is 2.81 bits per heavy atom. The number of carbonyl (C=O) groups excluding carboxylic acids is 2. The van der Waals surface area contributed by atoms with E-state index < -0.39 is 0 Å². The molecule has 6 heteroatoms. The van der Waals surface area contributed by atoms with Gasteiger partial charge in [-0.15, -0.1) is 0 Å². The van der Waals surface area contributed by atoms with Crippen molar-refractivity contribution in [1.82, 2.24) is 14.8 Å². The molecule has 3 heterocycles. The van der Waals surface area contributed by atoms with Gasteiger partial charge in [0.2, 0.25) is 5.91 Å². The summed E-state index contributed by atoms with van der Waals surface area (Å²) < 4.78 is 5.34. The predicted octanol–water partition coefficient (Wildman–Crippen LogP) is 3.27. The van der Waals surface area contributed by atoms with Crippen LogP contribution < -0.4 is 0 Å². The Morgan fingerprint density at radius 1 is 1.30 bits per heavy atom. The molecule has 2 aliphatic heterocycles. The average Bonchev–Trinajstić information content (AvgIpc) is 2.70. The third kappa shape index (κ3) is 5.21. The summed E-state index contributed by atoms with van der Waals surface area (Å²) in [4.78, 5) is 32.5. The van der Waals surface area contributed by atoms with E-state index in [0.29, 0.717) is 13.0 Å². The number of likely N-dealkylation sites (tertiary alicyclic amines) is 2. The van der Waals surface area contributed by atoms with Crippen LogP contribution in [-0.4, -0.2) is 59.6 Å². The summed E-state index contributed by atoms with van der Waals surface area (Å²) in [6.07, 6.45) is 9.69. The third-order valence-corrected chi connectivity index (χ3v) is 5.95. The van der Waals surface area contributed by atoms with E-state index in [1.54, 1.807) is 6.20 Å². The normalized spacial score (nSPS) is 19.4. The molecule has 0 saturated carbocycles. The second-order valence-electron chi connectivity index (χ2n) is 7.88. The lowest BCUT2D eigenvalue weighted by molar-refractivity contribution is -0.139. The largest absolute Gasteiger partial charge is 0.449 e. The Morgan fingerprint density at radius 2 is 2.11 bits per heavy atom. The zero-order chi connectivity index (χ0) is 19.1. The molecule has 1 aromatic heterocycles. The molecule has 2 aliphatic rings. The maximum atomic E-state index is 12.4. The molecule has 0 aliphatic carbocycles. The summed E-state index contributed by atoms with van der Waals surface area (Å²) in [6, 6.07) is 3.99. The van der Waals surface area contributed by atoms with Crippen LogP contribution in [-0.2, 0) is 16.0 Å². The SMILES string of the molecule is CCCCOC(=O)N1CCC2(CCC(=O)N(CCc3cccnc3)C2)CC1. The van der Waals surface area contributed by atoms with Gasteiger partial charge in [0.15, 0.2) is 0 Å². The number of ether oxygens (including phenoxy) is 1. The lowest BCUT2D eigenvalue weighted by atomic mass is 9.72. The van der Waals surface area contributed by atoms with Crippen LogP contribution in [0.4, 0.5) is 4.79 Å². The molecule has 0 N–H and O–H groups in total. The number of nitrogens with zero attached hydrogens (tertiary/aromatic N) is 3. The molecule has 1 aromatic rings. The standard InChI is InChI=1S/C21H31N3O3/c1-2-3-15-27-20(26)23-13-9-21(10-14-23)8-6-19(25)24(17-21)12-7-18-5-4-11-22-16-18/h4-5,11,16H,2-3,6-10,12-15,17H2,1H3. The Labute approximate surface area is 161 Å². The molecular weight excluding hydrogens is 342 g/mol. The quantitative estimate of drug-likeness (QED) is 0.718. The summed E-state index contributed by atoms with van der Waals surface area (Å²) in [5.41, 5.74) is 1.32. The maximum Gasteiger partial charge on any atom is 0.409 e. The first kappa shape index (κ1) is 19.6. The highest BCUT2D eigenvalue weighted by Crippen LogP contribution is 2.40. The van der Waals surface area contributed by atoms with Crippen molar-refractivity contribution in [1.29, 1.82) is 0 Å². The minimum Gasteiger partial charge on any atom is -0.449 e. The van der Waals surface area contributed by atoms with Gasteiger partial charge in [-0.3, -0.25) is 9.78 Å². The smallest absolute Gasteiger partial charge is 0.409 e. The molecule has 0 bridgehead atoms. The first-order valence-electron chi connectivity index (χ1n) is 10.2. The van der Waals surface area contributed by atoms with Crippen LogP contribution in [0.15, 0.2) is 24.5 Å². The zero-order valence-corrected chi connectivity index (χ0v) is 16.4. The number of rotatable bonds is 6. The van der Waals surface area contributed by atoms with Crippen molar-refractivity contribution in [3.8, 4) is 0 Å². The number of pyridine rings is 1. The van der Waals surface area contributed by atoms with Crippen LogP contribution in [0.2, 0.25) is 0 Å². The summed E-state index contributed by atoms with van der Waals surface area (Å²) in [7, 11) is 0. The molecule has 148 valence electrons. The Bertz CT molecular complexity index is 627. The van der Waals surface area contributed by atoms with E-state index in [1.165, 1.54) is 0 Å². The molecule has 1 spiro atoms. The van der Waals surface area contributed by atoms with Crippen molar-refractivity contribution in [2.45, 2.75) is 51.9 Å². The van der Waals surface area contributed by atoms with Crippen molar-refractivity contribution in [2.75, 3.05) is 32.8 Å². The lowest BCUT2D eigenvalue weighted by Gasteiger charge is -2.47. The van der Waals surface area contributed by atoms with Gasteiger partial charge in [0.1, 0.15) is 0 Å². The fraction of sp³-hybridized carbons (Fsp3) is 0.667. The highest BCUT2D eigenvalue weighted by atomic mass is 16.6. The number of aromatic nitrogens is 1. The van der Waals surface area contributed by atoms with Crippen LogP contribution in [0.25, 0.3) is 0 Å². The third-order valence-electron chi connectivity index (χ3n) is 5.95. The van der Waals surface area contributed by atoms with E-state index in [-0.39, 0.29) is 17.4 Å². The highest BCUT2D eigenvalue weighted by molar-refractivity contribution is 5.77. The highest BCUT2D eigenvalue weighted by Gasteiger charge is 2.41. The second-order valence-corrected chi connectivity index (χ2v) is 7.88. The van der Waals surface area contributed by atoms with Crippen molar-refractivity contribution >= 4 is 12.0 Å². The summed E-state index contributed by atoms with van der Waals surface area (Å²) >= 11 is 0. The number of hydrogen-bond donors (Lipinski definition) is 0. The van der Waals surface area contributed by atoms with Gasteiger partial charge in [0.05, 0.1) is 6.61 Å². The Kier molecular flexibility index (Phi) is 6.69. The van der Waals surface area contributed by atoms with Gasteiger partial charge in [-0.1, -0.05) is 19.4 Å². The molecule has 0 atom stereocenters. The minimum atomic E-state index is -0.182. The molecule has 3 rings (SSSR count). The first-order chi connectivity index (χ1) is 13.1. The molecule has 2 amide bonds. The Hall–Kier alpha value is -2.11. The van der Waals surface area contributed by atoms with Crippen LogP contribution in [0.1, 0.15) is 51.0 Å². The van der Waals surface area contributed by atoms with Crippen molar-refractivity contribution in [2.24, 2.45) is 5.41 Å². The van der Waals surface area contributed by atoms with Crippen LogP contribution in [0.5, 0.6) is 0 Å². The van der Waals surface area contributed by atoms with Crippen LogP contribution in [0, 0.1) is 5.41 Å². The zero-order valence-electron chi connectivity index (χ0n) is 16.4. The fourth-order valence-corrected chi connectivity index (χ4v) is 4.08. The topological polar surface area (TPSA) is 62.7 Å². The molecule has 0 unspecified atom stereocenters. The lowest BCUT2D eigenvalue weighted by Crippen LogP contribution is -2.52. The first-order valence-corrected chi connectivity index (χ1v) is 10.2. The van der Waals surface area contributed by atoms with Gasteiger partial charge in [0.25, 0.3) is 0 Å². The van der Waals surface area contributed by atoms with Crippen molar-refractivity contribution in [3.05, 3.63) is 30.1 Å². The summed E-state index contributed by atoms with van der Waals surface area (Å²) in [6.45, 7) is 5.61. The van der Waals surface area contributed by atoms with Gasteiger partial charge >= 0.3 is 6.09 Å². The molecule has 0 aromatic carbocycles. The van der Waals surface area contributed by atoms with Gasteiger partial charge in [0, 0.05) is 45.0 Å². The predicted molar refractivity (Wildman–Crippen MR) is 103 cm³/mol. The molecular formula is C21H31N3O3. The number of hydrogen-bond acceptors (Lipinski definition) is 4. The summed E-state index contributed by atoms with van der Waals surface area (Å²) in [5.74, 6) is 0.255. The molecule has 6 nitrogen and oxygen atoms in total. The fourth-order valence-electron chi connectivity index (χ4n) is 4.08. The molecule has 2 fully saturated rings. The van der Waals surface area contributed by atoms with Gasteiger partial charge in [-0.05, 0) is 49.1 Å². The Balaban J connectivity index is 1.50. The second kappa shape index (κ2) is 9.20. The van der Waals surface area contributed by atoms with E-state index in [2.05, 4.69) is 18.0 Å². The van der Waals surface area contributed by atoms with E-state index >= 15 is 0 Å². The average molecular weight is 373 g/mol. The molecule has 27 heavy (non-hydrogen) atoms. The van der Waals surface area contributed by atoms with Crippen LogP contribution >= 0.6 is 0 Å². The van der Waals surface area contributed by atoms with E-state index in [4.69, 9.17) is 4.74 Å². The number of unbranched alkanes of at least 4 members (excludes halogenated alkanes) is 1. The van der Waals surface area contributed by atoms with Gasteiger partial charge in [-0.25, -0.2) is 4.79 Å². The van der Waals surface area contributed by atoms with E-state index in [1.807, 2.05) is 22.1 Å². The number of piperidine rings is 2. The van der Waals surface area contributed by atoms with Gasteiger partial charge in [-0.2, -0.15) is 0 Å². The van der Waals surface area contributed by atoms with Crippen molar-refractivity contribution < 1.29 is 14.3 Å². The van der Waals surface area contributed by atoms with Gasteiger partial charge < -0.3 is 14.5 Å². The summed E-state index contributed by atoms with van der Waals surface area (Å²) in [5, 5.41) is 0. The maximum absolute atomic E-state index is 12.4. The van der Waals surface area contributed by atoms with E-state index in [0.717, 1.165) is 70.3 Å².